The summed E-state index contributed by atoms with van der Waals surface area (Å²) in [5, 5.41) is 3.26. The molecule has 0 radical (unpaired) electrons. The van der Waals surface area contributed by atoms with Crippen LogP contribution in [0.5, 0.6) is 0 Å². The van der Waals surface area contributed by atoms with Crippen LogP contribution in [0.2, 0.25) is 0 Å². The lowest BCUT2D eigenvalue weighted by atomic mass is 9.80. The predicted molar refractivity (Wildman–Crippen MR) is 132 cm³/mol. The van der Waals surface area contributed by atoms with Gasteiger partial charge in [0, 0.05) is 25.2 Å². The second-order valence-corrected chi connectivity index (χ2v) is 9.91. The minimum absolute atomic E-state index is 0.0182. The lowest BCUT2D eigenvalue weighted by molar-refractivity contribution is 0.0943. The van der Waals surface area contributed by atoms with Gasteiger partial charge in [-0.1, -0.05) is 68.5 Å². The fourth-order valence-electron chi connectivity index (χ4n) is 5.69. The molecule has 5 nitrogen and oxygen atoms in total. The summed E-state index contributed by atoms with van der Waals surface area (Å²) in [7, 11) is 0. The van der Waals surface area contributed by atoms with E-state index in [1.807, 2.05) is 28.8 Å². The molecule has 1 atom stereocenters. The first-order chi connectivity index (χ1) is 16.3. The van der Waals surface area contributed by atoms with Crippen LogP contribution in [0.25, 0.3) is 5.65 Å². The molecule has 5 heteroatoms. The van der Waals surface area contributed by atoms with Gasteiger partial charge in [-0.2, -0.15) is 0 Å². The Morgan fingerprint density at radius 3 is 2.55 bits per heavy atom. The molecule has 174 valence electrons. The number of likely N-dealkylation sites (tertiary alicyclic amines) is 1. The molecule has 1 aliphatic carbocycles. The molecule has 3 aromatic rings. The zero-order valence-corrected chi connectivity index (χ0v) is 19.6. The SMILES string of the molecule is O=C(NCC(CC1CCCCC1)c1ccccc1)c1cccc2nc(CN3CCCC3)cn12. The number of pyridine rings is 1. The molecule has 5 rings (SSSR count). The van der Waals surface area contributed by atoms with Gasteiger partial charge in [0.15, 0.2) is 0 Å². The van der Waals surface area contributed by atoms with E-state index >= 15 is 0 Å². The van der Waals surface area contributed by atoms with Gasteiger partial charge in [-0.05, 0) is 56.0 Å². The zero-order valence-electron chi connectivity index (χ0n) is 19.6. The molecule has 0 bridgehead atoms. The number of fused-ring (bicyclic) bond motifs is 1. The molecule has 2 aromatic heterocycles. The molecular formula is C28H36N4O. The summed E-state index contributed by atoms with van der Waals surface area (Å²) in [4.78, 5) is 20.5. The van der Waals surface area contributed by atoms with Crippen molar-refractivity contribution < 1.29 is 4.79 Å². The molecule has 1 saturated heterocycles. The summed E-state index contributed by atoms with van der Waals surface area (Å²) in [6.07, 6.45) is 12.4. The van der Waals surface area contributed by atoms with Crippen LogP contribution in [-0.2, 0) is 6.54 Å². The normalized spacial score (nSPS) is 18.5. The maximum absolute atomic E-state index is 13.3. The Balaban J connectivity index is 1.29. The molecule has 1 aliphatic heterocycles. The highest BCUT2D eigenvalue weighted by molar-refractivity contribution is 5.93. The number of hydrogen-bond acceptors (Lipinski definition) is 3. The monoisotopic (exact) mass is 444 g/mol. The number of benzene rings is 1. The number of imidazole rings is 1. The Labute approximate surface area is 197 Å². The fraction of sp³-hybridized carbons (Fsp3) is 0.500. The summed E-state index contributed by atoms with van der Waals surface area (Å²) in [6.45, 7) is 3.82. The van der Waals surface area contributed by atoms with Crippen molar-refractivity contribution in [2.45, 2.75) is 63.8 Å². The number of hydrogen-bond donors (Lipinski definition) is 1. The summed E-state index contributed by atoms with van der Waals surface area (Å²) in [5.74, 6) is 1.10. The van der Waals surface area contributed by atoms with Crippen molar-refractivity contribution >= 4 is 11.6 Å². The van der Waals surface area contributed by atoms with E-state index in [1.54, 1.807) is 0 Å². The number of nitrogens with zero attached hydrogens (tertiary/aromatic N) is 3. The summed E-state index contributed by atoms with van der Waals surface area (Å²) >= 11 is 0. The lowest BCUT2D eigenvalue weighted by Crippen LogP contribution is -2.30. The fourth-order valence-corrected chi connectivity index (χ4v) is 5.69. The van der Waals surface area contributed by atoms with Crippen LogP contribution < -0.4 is 5.32 Å². The Bertz CT molecular complexity index is 1050. The summed E-state index contributed by atoms with van der Waals surface area (Å²) in [6, 6.07) is 16.5. The van der Waals surface area contributed by atoms with Crippen LogP contribution in [0.15, 0.2) is 54.7 Å². The van der Waals surface area contributed by atoms with Gasteiger partial charge in [-0.3, -0.25) is 14.1 Å². The predicted octanol–water partition coefficient (Wildman–Crippen LogP) is 5.41. The first kappa shape index (κ1) is 22.1. The highest BCUT2D eigenvalue weighted by atomic mass is 16.1. The van der Waals surface area contributed by atoms with Crippen molar-refractivity contribution in [1.82, 2.24) is 19.6 Å². The van der Waals surface area contributed by atoms with Gasteiger partial charge in [0.2, 0.25) is 0 Å². The Kier molecular flexibility index (Phi) is 7.06. The number of carbonyl (C=O) groups is 1. The molecule has 1 saturated carbocycles. The molecule has 0 spiro atoms. The Morgan fingerprint density at radius 2 is 1.76 bits per heavy atom. The number of carbonyl (C=O) groups excluding carboxylic acids is 1. The lowest BCUT2D eigenvalue weighted by Gasteiger charge is -2.27. The maximum atomic E-state index is 13.3. The van der Waals surface area contributed by atoms with Crippen LogP contribution in [0.1, 0.15) is 79.0 Å². The van der Waals surface area contributed by atoms with E-state index in [1.165, 1.54) is 50.5 Å². The van der Waals surface area contributed by atoms with E-state index < -0.39 is 0 Å². The first-order valence-corrected chi connectivity index (χ1v) is 12.8. The van der Waals surface area contributed by atoms with E-state index in [2.05, 4.69) is 40.5 Å². The average molecular weight is 445 g/mol. The Hall–Kier alpha value is -2.66. The van der Waals surface area contributed by atoms with Crippen molar-refractivity contribution in [3.05, 3.63) is 71.7 Å². The standard InChI is InChI=1S/C28H36N4O/c33-28(26-14-9-15-27-30-25(21-32(26)27)20-31-16-7-8-17-31)29-19-24(23-12-5-2-6-13-23)18-22-10-3-1-4-11-22/h2,5-6,9,12-15,21-22,24H,1,3-4,7-8,10-11,16-20H2,(H,29,33). The molecule has 3 heterocycles. The number of amides is 1. The number of rotatable bonds is 8. The molecule has 1 amide bonds. The number of nitrogens with one attached hydrogen (secondary N) is 1. The summed E-state index contributed by atoms with van der Waals surface area (Å²) < 4.78 is 1.96. The molecule has 2 fully saturated rings. The summed E-state index contributed by atoms with van der Waals surface area (Å²) in [5.41, 5.74) is 3.88. The van der Waals surface area contributed by atoms with Crippen LogP contribution in [0.4, 0.5) is 0 Å². The van der Waals surface area contributed by atoms with E-state index in [-0.39, 0.29) is 5.91 Å². The number of aromatic nitrogens is 2. The minimum atomic E-state index is -0.0182. The Morgan fingerprint density at radius 1 is 0.970 bits per heavy atom. The third-order valence-corrected chi connectivity index (χ3v) is 7.48. The van der Waals surface area contributed by atoms with Gasteiger partial charge >= 0.3 is 0 Å². The maximum Gasteiger partial charge on any atom is 0.268 e. The zero-order chi connectivity index (χ0) is 22.5. The molecule has 33 heavy (non-hydrogen) atoms. The van der Waals surface area contributed by atoms with E-state index in [0.29, 0.717) is 18.2 Å². The van der Waals surface area contributed by atoms with E-state index in [0.717, 1.165) is 43.3 Å². The third kappa shape index (κ3) is 5.47. The molecule has 1 N–H and O–H groups in total. The van der Waals surface area contributed by atoms with Crippen molar-refractivity contribution in [1.29, 1.82) is 0 Å². The van der Waals surface area contributed by atoms with Gasteiger partial charge in [0.25, 0.3) is 5.91 Å². The smallest absolute Gasteiger partial charge is 0.268 e. The van der Waals surface area contributed by atoms with Gasteiger partial charge < -0.3 is 5.32 Å². The van der Waals surface area contributed by atoms with Crippen LogP contribution in [0.3, 0.4) is 0 Å². The van der Waals surface area contributed by atoms with E-state index in [4.69, 9.17) is 4.98 Å². The van der Waals surface area contributed by atoms with Crippen LogP contribution in [0, 0.1) is 5.92 Å². The van der Waals surface area contributed by atoms with Gasteiger partial charge in [-0.25, -0.2) is 4.98 Å². The second-order valence-electron chi connectivity index (χ2n) is 9.91. The van der Waals surface area contributed by atoms with Crippen molar-refractivity contribution in [2.75, 3.05) is 19.6 Å². The van der Waals surface area contributed by atoms with Crippen molar-refractivity contribution in [3.63, 3.8) is 0 Å². The molecular weight excluding hydrogens is 408 g/mol. The highest BCUT2D eigenvalue weighted by Gasteiger charge is 2.22. The molecule has 1 aromatic carbocycles. The van der Waals surface area contributed by atoms with Gasteiger partial charge in [-0.15, -0.1) is 0 Å². The minimum Gasteiger partial charge on any atom is -0.350 e. The third-order valence-electron chi connectivity index (χ3n) is 7.48. The van der Waals surface area contributed by atoms with Gasteiger partial charge in [0.1, 0.15) is 11.3 Å². The van der Waals surface area contributed by atoms with Crippen LogP contribution in [-0.4, -0.2) is 39.8 Å². The topological polar surface area (TPSA) is 49.6 Å². The van der Waals surface area contributed by atoms with Gasteiger partial charge in [0.05, 0.1) is 5.69 Å². The molecule has 1 unspecified atom stereocenters. The molecule has 2 aliphatic rings. The van der Waals surface area contributed by atoms with Crippen molar-refractivity contribution in [3.8, 4) is 0 Å². The van der Waals surface area contributed by atoms with E-state index in [9.17, 15) is 4.79 Å². The largest absolute Gasteiger partial charge is 0.350 e. The van der Waals surface area contributed by atoms with Crippen molar-refractivity contribution in [2.24, 2.45) is 5.92 Å². The average Bonchev–Trinajstić information content (AvgIpc) is 3.52. The first-order valence-electron chi connectivity index (χ1n) is 12.8. The van der Waals surface area contributed by atoms with Crippen LogP contribution >= 0.6 is 0 Å². The second kappa shape index (κ2) is 10.5. The quantitative estimate of drug-likeness (QED) is 0.505. The highest BCUT2D eigenvalue weighted by Crippen LogP contribution is 2.33.